The first-order valence-corrected chi connectivity index (χ1v) is 7.87. The molecule has 0 radical (unpaired) electrons. The molecular weight excluding hydrogens is 256 g/mol. The van der Waals surface area contributed by atoms with E-state index in [-0.39, 0.29) is 6.04 Å². The number of hydrogen-bond donors (Lipinski definition) is 0. The van der Waals surface area contributed by atoms with E-state index in [0.717, 1.165) is 13.0 Å². The van der Waals surface area contributed by atoms with Crippen LogP contribution in [0.4, 0.5) is 0 Å². The van der Waals surface area contributed by atoms with E-state index in [1.165, 1.54) is 29.8 Å². The minimum absolute atomic E-state index is 0.238. The molecule has 0 N–H and O–H groups in total. The Morgan fingerprint density at radius 3 is 2.19 bits per heavy atom. The number of benzene rings is 2. The summed E-state index contributed by atoms with van der Waals surface area (Å²) in [5.74, 6) is 1.31. The summed E-state index contributed by atoms with van der Waals surface area (Å²) in [6, 6.07) is 22.2. The number of piperidine rings is 1. The minimum atomic E-state index is 0.238. The molecule has 2 heteroatoms. The van der Waals surface area contributed by atoms with Crippen LogP contribution in [0.5, 0.6) is 0 Å². The number of fused-ring (bicyclic) bond motifs is 1. The summed E-state index contributed by atoms with van der Waals surface area (Å²) in [7, 11) is 0. The lowest BCUT2D eigenvalue weighted by atomic mass is 9.93. The van der Waals surface area contributed by atoms with Gasteiger partial charge in [0.2, 0.25) is 0 Å². The van der Waals surface area contributed by atoms with Crippen LogP contribution in [0, 0.1) is 0 Å². The number of amidine groups is 1. The van der Waals surface area contributed by atoms with Crippen molar-refractivity contribution in [2.75, 3.05) is 6.54 Å². The predicted molar refractivity (Wildman–Crippen MR) is 86.4 cm³/mol. The Morgan fingerprint density at radius 1 is 0.810 bits per heavy atom. The Labute approximate surface area is 126 Å². The largest absolute Gasteiger partial charge is 0.351 e. The monoisotopic (exact) mass is 276 g/mol. The molecule has 2 aliphatic heterocycles. The molecule has 106 valence electrons. The molecule has 0 amide bonds. The van der Waals surface area contributed by atoms with Crippen LogP contribution in [0.1, 0.15) is 42.5 Å². The van der Waals surface area contributed by atoms with Gasteiger partial charge in [0.05, 0.1) is 6.04 Å². The average Bonchev–Trinajstić information content (AvgIpc) is 2.96. The fraction of sp³-hybridized carbons (Fsp3) is 0.316. The van der Waals surface area contributed by atoms with Gasteiger partial charge in [0, 0.05) is 13.0 Å². The highest BCUT2D eigenvalue weighted by Crippen LogP contribution is 2.43. The zero-order chi connectivity index (χ0) is 14.1. The molecule has 2 aromatic rings. The molecule has 0 bridgehead atoms. The van der Waals surface area contributed by atoms with Gasteiger partial charge >= 0.3 is 0 Å². The molecule has 2 heterocycles. The second-order valence-electron chi connectivity index (χ2n) is 5.91. The van der Waals surface area contributed by atoms with Crippen LogP contribution in [0.25, 0.3) is 0 Å². The number of nitrogens with zero attached hydrogens (tertiary/aromatic N) is 2. The summed E-state index contributed by atoms with van der Waals surface area (Å²) in [5, 5.41) is 0. The van der Waals surface area contributed by atoms with Crippen molar-refractivity contribution in [1.82, 2.24) is 4.90 Å². The third-order valence-corrected chi connectivity index (χ3v) is 4.59. The molecule has 1 saturated heterocycles. The van der Waals surface area contributed by atoms with E-state index in [9.17, 15) is 0 Å². The minimum Gasteiger partial charge on any atom is -0.351 e. The molecule has 0 aliphatic carbocycles. The molecule has 1 fully saturated rings. The highest BCUT2D eigenvalue weighted by molar-refractivity contribution is 5.85. The van der Waals surface area contributed by atoms with Crippen molar-refractivity contribution >= 4 is 5.84 Å². The normalized spacial score (nSPS) is 24.6. The molecule has 4 rings (SSSR count). The lowest BCUT2D eigenvalue weighted by Crippen LogP contribution is -2.35. The standard InChI is InChI=1S/C19H20N2/c1-3-9-15(10-4-1)18-19(16-11-5-2-6-12-16)21-14-8-7-13-17(21)20-18/h1-6,9-12,18-19H,7-8,13-14H2/t18-,19+/m0/s1. The smallest absolute Gasteiger partial charge is 0.101 e. The fourth-order valence-electron chi connectivity index (χ4n) is 3.60. The summed E-state index contributed by atoms with van der Waals surface area (Å²) in [6.07, 6.45) is 3.69. The third-order valence-electron chi connectivity index (χ3n) is 4.59. The van der Waals surface area contributed by atoms with E-state index in [1.54, 1.807) is 0 Å². The second kappa shape index (κ2) is 5.36. The molecule has 2 aliphatic rings. The van der Waals surface area contributed by atoms with Gasteiger partial charge in [0.1, 0.15) is 11.9 Å². The Morgan fingerprint density at radius 2 is 1.48 bits per heavy atom. The molecule has 0 aromatic heterocycles. The summed E-state index contributed by atoms with van der Waals surface area (Å²) >= 11 is 0. The first kappa shape index (κ1) is 12.6. The van der Waals surface area contributed by atoms with Gasteiger partial charge in [-0.05, 0) is 24.0 Å². The van der Waals surface area contributed by atoms with Gasteiger partial charge in [-0.2, -0.15) is 0 Å². The molecule has 21 heavy (non-hydrogen) atoms. The maximum absolute atomic E-state index is 5.08. The van der Waals surface area contributed by atoms with Crippen LogP contribution in [0.2, 0.25) is 0 Å². The van der Waals surface area contributed by atoms with E-state index in [0.29, 0.717) is 6.04 Å². The highest BCUT2D eigenvalue weighted by atomic mass is 15.3. The van der Waals surface area contributed by atoms with Gasteiger partial charge in [-0.25, -0.2) is 0 Å². The molecule has 0 unspecified atom stereocenters. The van der Waals surface area contributed by atoms with Gasteiger partial charge in [0.15, 0.2) is 0 Å². The molecule has 2 nitrogen and oxygen atoms in total. The Bertz CT molecular complexity index is 633. The van der Waals surface area contributed by atoms with Gasteiger partial charge in [0.25, 0.3) is 0 Å². The topological polar surface area (TPSA) is 15.6 Å². The second-order valence-corrected chi connectivity index (χ2v) is 5.91. The zero-order valence-corrected chi connectivity index (χ0v) is 12.2. The summed E-state index contributed by atoms with van der Waals surface area (Å²) in [5.41, 5.74) is 2.71. The number of rotatable bonds is 2. The average molecular weight is 276 g/mol. The lowest BCUT2D eigenvalue weighted by Gasteiger charge is -2.33. The summed E-state index contributed by atoms with van der Waals surface area (Å²) < 4.78 is 0. The summed E-state index contributed by atoms with van der Waals surface area (Å²) in [6.45, 7) is 1.14. The Balaban J connectivity index is 1.77. The predicted octanol–water partition coefficient (Wildman–Crippen LogP) is 4.37. The first-order chi connectivity index (χ1) is 10.4. The van der Waals surface area contributed by atoms with Crippen LogP contribution >= 0.6 is 0 Å². The van der Waals surface area contributed by atoms with Gasteiger partial charge in [-0.1, -0.05) is 60.7 Å². The van der Waals surface area contributed by atoms with Crippen LogP contribution < -0.4 is 0 Å². The number of hydrogen-bond acceptors (Lipinski definition) is 2. The van der Waals surface area contributed by atoms with Crippen molar-refractivity contribution in [1.29, 1.82) is 0 Å². The molecule has 0 spiro atoms. The van der Waals surface area contributed by atoms with Crippen molar-refractivity contribution in [2.24, 2.45) is 4.99 Å². The third kappa shape index (κ3) is 2.25. The zero-order valence-electron chi connectivity index (χ0n) is 12.2. The van der Waals surface area contributed by atoms with Gasteiger partial charge < -0.3 is 4.90 Å². The number of aliphatic imine (C=N–C) groups is 1. The van der Waals surface area contributed by atoms with Gasteiger partial charge in [-0.3, -0.25) is 4.99 Å². The van der Waals surface area contributed by atoms with Gasteiger partial charge in [-0.15, -0.1) is 0 Å². The maximum Gasteiger partial charge on any atom is 0.101 e. The van der Waals surface area contributed by atoms with Crippen molar-refractivity contribution in [3.05, 3.63) is 71.8 Å². The highest BCUT2D eigenvalue weighted by Gasteiger charge is 2.38. The van der Waals surface area contributed by atoms with E-state index in [2.05, 4.69) is 65.6 Å². The molecule has 2 atom stereocenters. The van der Waals surface area contributed by atoms with E-state index >= 15 is 0 Å². The van der Waals surface area contributed by atoms with Crippen LogP contribution in [0.3, 0.4) is 0 Å². The summed E-state index contributed by atoms with van der Waals surface area (Å²) in [4.78, 5) is 7.62. The molecule has 0 saturated carbocycles. The molecule has 2 aromatic carbocycles. The van der Waals surface area contributed by atoms with E-state index < -0.39 is 0 Å². The van der Waals surface area contributed by atoms with Crippen molar-refractivity contribution < 1.29 is 0 Å². The van der Waals surface area contributed by atoms with Crippen LogP contribution in [0.15, 0.2) is 65.7 Å². The maximum atomic E-state index is 5.08. The molecular formula is C19H20N2. The van der Waals surface area contributed by atoms with E-state index in [4.69, 9.17) is 4.99 Å². The lowest BCUT2D eigenvalue weighted by molar-refractivity contribution is 0.287. The van der Waals surface area contributed by atoms with Crippen LogP contribution in [-0.2, 0) is 0 Å². The van der Waals surface area contributed by atoms with Crippen LogP contribution in [-0.4, -0.2) is 17.3 Å². The van der Waals surface area contributed by atoms with Crippen molar-refractivity contribution in [3.8, 4) is 0 Å². The Kier molecular flexibility index (Phi) is 3.23. The quantitative estimate of drug-likeness (QED) is 0.795. The van der Waals surface area contributed by atoms with Crippen molar-refractivity contribution in [3.63, 3.8) is 0 Å². The fourth-order valence-corrected chi connectivity index (χ4v) is 3.60. The Hall–Kier alpha value is -2.09. The van der Waals surface area contributed by atoms with Crippen molar-refractivity contribution in [2.45, 2.75) is 31.3 Å². The first-order valence-electron chi connectivity index (χ1n) is 7.87. The van der Waals surface area contributed by atoms with E-state index in [1.807, 2.05) is 0 Å². The SMILES string of the molecule is c1ccc([C@@H]2[C@H](c3ccccc3)N=C3CCCCN32)cc1.